The van der Waals surface area contributed by atoms with Gasteiger partial charge in [0.25, 0.3) is 0 Å². The number of likely N-dealkylation sites (tertiary alicyclic amines) is 1. The second kappa shape index (κ2) is 6.22. The van der Waals surface area contributed by atoms with Crippen LogP contribution in [0.2, 0.25) is 0 Å². The summed E-state index contributed by atoms with van der Waals surface area (Å²) in [6.45, 7) is 4.66. The molecule has 1 aromatic carbocycles. The maximum absolute atomic E-state index is 5.32. The Bertz CT molecular complexity index is 608. The normalized spacial score (nSPS) is 16.9. The van der Waals surface area contributed by atoms with Gasteiger partial charge in [-0.3, -0.25) is 4.90 Å². The number of benzene rings is 1. The van der Waals surface area contributed by atoms with Crippen molar-refractivity contribution >= 4 is 0 Å². The van der Waals surface area contributed by atoms with Crippen LogP contribution in [0.25, 0.3) is 11.3 Å². The van der Waals surface area contributed by atoms with Gasteiger partial charge in [-0.2, -0.15) is 0 Å². The predicted octanol–water partition coefficient (Wildman–Crippen LogP) is 3.31. The third-order valence-corrected chi connectivity index (χ3v) is 4.19. The first-order valence-electron chi connectivity index (χ1n) is 7.49. The summed E-state index contributed by atoms with van der Waals surface area (Å²) in [6.07, 6.45) is 5.97. The second-order valence-electron chi connectivity index (χ2n) is 5.46. The SMILES string of the molecule is COc1nccnc1-c1cccc(C(C)N2CCCC2)c1. The number of nitrogens with zero attached hydrogens (tertiary/aromatic N) is 3. The van der Waals surface area contributed by atoms with E-state index < -0.39 is 0 Å². The topological polar surface area (TPSA) is 38.3 Å². The summed E-state index contributed by atoms with van der Waals surface area (Å²) < 4.78 is 5.32. The molecule has 110 valence electrons. The summed E-state index contributed by atoms with van der Waals surface area (Å²) in [5, 5.41) is 0. The maximum Gasteiger partial charge on any atom is 0.240 e. The van der Waals surface area contributed by atoms with E-state index in [1.54, 1.807) is 19.5 Å². The van der Waals surface area contributed by atoms with Crippen molar-refractivity contribution in [1.29, 1.82) is 0 Å². The monoisotopic (exact) mass is 283 g/mol. The molecule has 4 nitrogen and oxygen atoms in total. The van der Waals surface area contributed by atoms with Crippen molar-refractivity contribution in [1.82, 2.24) is 14.9 Å². The van der Waals surface area contributed by atoms with Gasteiger partial charge in [0, 0.05) is 24.0 Å². The molecule has 1 aliphatic rings. The molecule has 1 aromatic heterocycles. The van der Waals surface area contributed by atoms with Gasteiger partial charge >= 0.3 is 0 Å². The first-order valence-corrected chi connectivity index (χ1v) is 7.49. The van der Waals surface area contributed by atoms with E-state index in [4.69, 9.17) is 4.74 Å². The number of hydrogen-bond acceptors (Lipinski definition) is 4. The molecular weight excluding hydrogens is 262 g/mol. The Hall–Kier alpha value is -1.94. The number of ether oxygens (including phenoxy) is 1. The first-order chi connectivity index (χ1) is 10.3. The van der Waals surface area contributed by atoms with E-state index >= 15 is 0 Å². The van der Waals surface area contributed by atoms with E-state index in [0.717, 1.165) is 11.3 Å². The summed E-state index contributed by atoms with van der Waals surface area (Å²) in [4.78, 5) is 11.2. The fraction of sp³-hybridized carbons (Fsp3) is 0.412. The highest BCUT2D eigenvalue weighted by atomic mass is 16.5. The van der Waals surface area contributed by atoms with Crippen LogP contribution in [-0.4, -0.2) is 35.1 Å². The Kier molecular flexibility index (Phi) is 4.15. The number of aromatic nitrogens is 2. The van der Waals surface area contributed by atoms with Crippen LogP contribution in [-0.2, 0) is 0 Å². The molecule has 0 aliphatic carbocycles. The van der Waals surface area contributed by atoms with Crippen molar-refractivity contribution in [2.45, 2.75) is 25.8 Å². The van der Waals surface area contributed by atoms with Crippen LogP contribution in [0.1, 0.15) is 31.4 Å². The second-order valence-corrected chi connectivity index (χ2v) is 5.46. The van der Waals surface area contributed by atoms with Crippen LogP contribution < -0.4 is 4.74 Å². The minimum Gasteiger partial charge on any atom is -0.479 e. The van der Waals surface area contributed by atoms with Crippen LogP contribution in [0.15, 0.2) is 36.7 Å². The lowest BCUT2D eigenvalue weighted by Gasteiger charge is -2.24. The molecule has 21 heavy (non-hydrogen) atoms. The Morgan fingerprint density at radius 2 is 1.90 bits per heavy atom. The van der Waals surface area contributed by atoms with Gasteiger partial charge in [-0.25, -0.2) is 9.97 Å². The van der Waals surface area contributed by atoms with Gasteiger partial charge in [-0.1, -0.05) is 18.2 Å². The third-order valence-electron chi connectivity index (χ3n) is 4.19. The quantitative estimate of drug-likeness (QED) is 0.863. The molecule has 0 spiro atoms. The molecule has 4 heteroatoms. The van der Waals surface area contributed by atoms with Gasteiger partial charge in [-0.15, -0.1) is 0 Å². The molecular formula is C17H21N3O. The van der Waals surface area contributed by atoms with Crippen LogP contribution in [0.5, 0.6) is 5.88 Å². The average molecular weight is 283 g/mol. The summed E-state index contributed by atoms with van der Waals surface area (Å²) >= 11 is 0. The van der Waals surface area contributed by atoms with Gasteiger partial charge in [0.1, 0.15) is 5.69 Å². The van der Waals surface area contributed by atoms with Gasteiger partial charge in [0.15, 0.2) is 0 Å². The van der Waals surface area contributed by atoms with E-state index in [0.29, 0.717) is 11.9 Å². The Morgan fingerprint density at radius 1 is 1.14 bits per heavy atom. The minimum absolute atomic E-state index is 0.440. The summed E-state index contributed by atoms with van der Waals surface area (Å²) in [6, 6.07) is 8.98. The summed E-state index contributed by atoms with van der Waals surface area (Å²) in [5.74, 6) is 0.573. The molecule has 1 atom stereocenters. The third kappa shape index (κ3) is 2.90. The zero-order chi connectivity index (χ0) is 14.7. The van der Waals surface area contributed by atoms with E-state index in [-0.39, 0.29) is 0 Å². The van der Waals surface area contributed by atoms with Gasteiger partial charge in [0.2, 0.25) is 5.88 Å². The van der Waals surface area contributed by atoms with E-state index in [9.17, 15) is 0 Å². The van der Waals surface area contributed by atoms with E-state index in [2.05, 4.69) is 46.1 Å². The fourth-order valence-electron chi connectivity index (χ4n) is 2.96. The van der Waals surface area contributed by atoms with Crippen molar-refractivity contribution in [2.75, 3.05) is 20.2 Å². The molecule has 2 heterocycles. The number of hydrogen-bond donors (Lipinski definition) is 0. The standard InChI is InChI=1S/C17H21N3O/c1-13(20-10-3-4-11-20)14-6-5-7-15(12-14)16-17(21-2)19-9-8-18-16/h5-9,12-13H,3-4,10-11H2,1-2H3. The van der Waals surface area contributed by atoms with Crippen molar-refractivity contribution < 1.29 is 4.74 Å². The Balaban J connectivity index is 1.92. The first kappa shape index (κ1) is 14.0. The van der Waals surface area contributed by atoms with Gasteiger partial charge in [-0.05, 0) is 44.5 Å². The molecule has 1 unspecified atom stereocenters. The lowest BCUT2D eigenvalue weighted by molar-refractivity contribution is 0.263. The van der Waals surface area contributed by atoms with E-state index in [1.165, 1.54) is 31.5 Å². The van der Waals surface area contributed by atoms with Crippen molar-refractivity contribution in [3.63, 3.8) is 0 Å². The van der Waals surface area contributed by atoms with Crippen LogP contribution in [0, 0.1) is 0 Å². The molecule has 0 bridgehead atoms. The van der Waals surface area contributed by atoms with E-state index in [1.807, 2.05) is 0 Å². The highest BCUT2D eigenvalue weighted by Crippen LogP contribution is 2.30. The molecule has 2 aromatic rings. The van der Waals surface area contributed by atoms with Crippen molar-refractivity contribution in [3.05, 3.63) is 42.2 Å². The lowest BCUT2D eigenvalue weighted by Crippen LogP contribution is -2.23. The van der Waals surface area contributed by atoms with Gasteiger partial charge in [0.05, 0.1) is 7.11 Å². The van der Waals surface area contributed by atoms with Crippen LogP contribution in [0.3, 0.4) is 0 Å². The van der Waals surface area contributed by atoms with Crippen molar-refractivity contribution in [3.8, 4) is 17.1 Å². The molecule has 3 rings (SSSR count). The predicted molar refractivity (Wildman–Crippen MR) is 83.2 cm³/mol. The van der Waals surface area contributed by atoms with Crippen LogP contribution in [0.4, 0.5) is 0 Å². The lowest BCUT2D eigenvalue weighted by atomic mass is 10.0. The molecule has 0 amide bonds. The smallest absolute Gasteiger partial charge is 0.240 e. The van der Waals surface area contributed by atoms with Crippen LogP contribution >= 0.6 is 0 Å². The Labute approximate surface area is 125 Å². The molecule has 0 N–H and O–H groups in total. The number of methoxy groups -OCH3 is 1. The molecule has 0 saturated carbocycles. The minimum atomic E-state index is 0.440. The van der Waals surface area contributed by atoms with Gasteiger partial charge < -0.3 is 4.74 Å². The number of rotatable bonds is 4. The molecule has 1 fully saturated rings. The summed E-state index contributed by atoms with van der Waals surface area (Å²) in [7, 11) is 1.63. The summed E-state index contributed by atoms with van der Waals surface area (Å²) in [5.41, 5.74) is 3.18. The highest BCUT2D eigenvalue weighted by Gasteiger charge is 2.20. The van der Waals surface area contributed by atoms with Crippen molar-refractivity contribution in [2.24, 2.45) is 0 Å². The zero-order valence-corrected chi connectivity index (χ0v) is 12.6. The highest BCUT2D eigenvalue weighted by molar-refractivity contribution is 5.64. The Morgan fingerprint density at radius 3 is 2.67 bits per heavy atom. The molecule has 1 saturated heterocycles. The molecule has 1 aliphatic heterocycles. The largest absolute Gasteiger partial charge is 0.479 e. The fourth-order valence-corrected chi connectivity index (χ4v) is 2.96. The molecule has 0 radical (unpaired) electrons. The average Bonchev–Trinajstić information content (AvgIpc) is 3.08. The maximum atomic E-state index is 5.32. The zero-order valence-electron chi connectivity index (χ0n) is 12.6.